The Bertz CT molecular complexity index is 943. The smallest absolute Gasteiger partial charge is 0.0791 e. The van der Waals surface area contributed by atoms with Crippen molar-refractivity contribution in [2.45, 2.75) is 13.0 Å². The number of nitrogens with zero attached hydrogens (tertiary/aromatic N) is 1. The second-order valence-corrected chi connectivity index (χ2v) is 5.93. The summed E-state index contributed by atoms with van der Waals surface area (Å²) in [7, 11) is 0. The van der Waals surface area contributed by atoms with Gasteiger partial charge < -0.3 is 10.3 Å². The van der Waals surface area contributed by atoms with Gasteiger partial charge in [0, 0.05) is 40.2 Å². The Kier molecular flexibility index (Phi) is 3.75. The Morgan fingerprint density at radius 1 is 0.875 bits per heavy atom. The SMILES string of the molecule is Cc1[nH]c2ccccc2c1[C@H](Nc1ccccc1)c1ccncc1. The van der Waals surface area contributed by atoms with E-state index in [1.807, 2.05) is 30.6 Å². The molecule has 0 saturated carbocycles. The summed E-state index contributed by atoms with van der Waals surface area (Å²) >= 11 is 0. The van der Waals surface area contributed by atoms with Crippen molar-refractivity contribution >= 4 is 16.6 Å². The minimum Gasteiger partial charge on any atom is -0.374 e. The van der Waals surface area contributed by atoms with E-state index in [-0.39, 0.29) is 6.04 Å². The molecular formula is C21H19N3. The molecule has 2 N–H and O–H groups in total. The minimum absolute atomic E-state index is 0.0616. The van der Waals surface area contributed by atoms with Gasteiger partial charge >= 0.3 is 0 Å². The fraction of sp³-hybridized carbons (Fsp3) is 0.0952. The number of aromatic nitrogens is 2. The zero-order chi connectivity index (χ0) is 16.4. The molecule has 0 aliphatic heterocycles. The third kappa shape index (κ3) is 2.65. The molecule has 0 aliphatic carbocycles. The van der Waals surface area contributed by atoms with Crippen LogP contribution in [0.2, 0.25) is 0 Å². The number of rotatable bonds is 4. The average molecular weight is 313 g/mol. The monoisotopic (exact) mass is 313 g/mol. The van der Waals surface area contributed by atoms with Crippen molar-refractivity contribution < 1.29 is 0 Å². The number of fused-ring (bicyclic) bond motifs is 1. The standard InChI is InChI=1S/C21H19N3/c1-15-20(18-9-5-6-10-19(18)23-15)21(16-11-13-22-14-12-16)24-17-7-3-2-4-8-17/h2-14,21,23-24H,1H3/t21-/m1/s1. The summed E-state index contributed by atoms with van der Waals surface area (Å²) in [6, 6.07) is 23.0. The molecule has 3 heteroatoms. The van der Waals surface area contributed by atoms with Crippen molar-refractivity contribution in [3.63, 3.8) is 0 Å². The lowest BCUT2D eigenvalue weighted by atomic mass is 9.96. The van der Waals surface area contributed by atoms with E-state index in [0.717, 1.165) is 5.69 Å². The zero-order valence-corrected chi connectivity index (χ0v) is 13.5. The van der Waals surface area contributed by atoms with E-state index in [1.54, 1.807) is 0 Å². The van der Waals surface area contributed by atoms with E-state index in [1.165, 1.54) is 27.7 Å². The van der Waals surface area contributed by atoms with Crippen LogP contribution >= 0.6 is 0 Å². The molecular weight excluding hydrogens is 294 g/mol. The van der Waals surface area contributed by atoms with E-state index in [2.05, 4.69) is 70.7 Å². The summed E-state index contributed by atoms with van der Waals surface area (Å²) < 4.78 is 0. The Hall–Kier alpha value is -3.07. The maximum atomic E-state index is 4.17. The summed E-state index contributed by atoms with van der Waals surface area (Å²) in [6.07, 6.45) is 3.69. The van der Waals surface area contributed by atoms with Crippen LogP contribution in [-0.4, -0.2) is 9.97 Å². The van der Waals surface area contributed by atoms with Crippen molar-refractivity contribution in [3.8, 4) is 0 Å². The topological polar surface area (TPSA) is 40.7 Å². The number of aryl methyl sites for hydroxylation is 1. The van der Waals surface area contributed by atoms with E-state index >= 15 is 0 Å². The maximum absolute atomic E-state index is 4.17. The van der Waals surface area contributed by atoms with E-state index < -0.39 is 0 Å². The Morgan fingerprint density at radius 3 is 2.38 bits per heavy atom. The van der Waals surface area contributed by atoms with Crippen LogP contribution < -0.4 is 5.32 Å². The average Bonchev–Trinajstić information content (AvgIpc) is 2.97. The highest BCUT2D eigenvalue weighted by atomic mass is 14.9. The quantitative estimate of drug-likeness (QED) is 0.552. The molecule has 24 heavy (non-hydrogen) atoms. The first-order valence-electron chi connectivity index (χ1n) is 8.11. The molecule has 118 valence electrons. The molecule has 0 aliphatic rings. The molecule has 2 aromatic heterocycles. The summed E-state index contributed by atoms with van der Waals surface area (Å²) in [5, 5.41) is 4.93. The third-order valence-electron chi connectivity index (χ3n) is 4.36. The lowest BCUT2D eigenvalue weighted by Crippen LogP contribution is -2.13. The third-order valence-corrected chi connectivity index (χ3v) is 4.36. The summed E-state index contributed by atoms with van der Waals surface area (Å²) in [6.45, 7) is 2.14. The van der Waals surface area contributed by atoms with Gasteiger partial charge in [0.1, 0.15) is 0 Å². The predicted octanol–water partition coefficient (Wildman–Crippen LogP) is 5.07. The van der Waals surface area contributed by atoms with Crippen molar-refractivity contribution in [2.24, 2.45) is 0 Å². The molecule has 4 aromatic rings. The summed E-state index contributed by atoms with van der Waals surface area (Å²) in [5.41, 5.74) is 5.92. The molecule has 3 nitrogen and oxygen atoms in total. The first-order valence-corrected chi connectivity index (χ1v) is 8.11. The number of pyridine rings is 1. The van der Waals surface area contributed by atoms with E-state index in [9.17, 15) is 0 Å². The van der Waals surface area contributed by atoms with Crippen LogP contribution in [0.1, 0.15) is 22.9 Å². The fourth-order valence-electron chi connectivity index (χ4n) is 3.25. The molecule has 0 fully saturated rings. The fourth-order valence-corrected chi connectivity index (χ4v) is 3.25. The number of hydrogen-bond acceptors (Lipinski definition) is 2. The molecule has 2 heterocycles. The molecule has 1 atom stereocenters. The molecule has 0 amide bonds. The second-order valence-electron chi connectivity index (χ2n) is 5.93. The van der Waals surface area contributed by atoms with Crippen molar-refractivity contribution in [1.29, 1.82) is 0 Å². The highest BCUT2D eigenvalue weighted by Crippen LogP contribution is 2.34. The van der Waals surface area contributed by atoms with Gasteiger partial charge in [0.25, 0.3) is 0 Å². The lowest BCUT2D eigenvalue weighted by molar-refractivity contribution is 0.928. The largest absolute Gasteiger partial charge is 0.374 e. The van der Waals surface area contributed by atoms with Crippen LogP contribution in [0.5, 0.6) is 0 Å². The van der Waals surface area contributed by atoms with Gasteiger partial charge in [-0.2, -0.15) is 0 Å². The van der Waals surface area contributed by atoms with E-state index in [4.69, 9.17) is 0 Å². The number of benzene rings is 2. The first kappa shape index (κ1) is 14.5. The van der Waals surface area contributed by atoms with Gasteiger partial charge in [0.05, 0.1) is 6.04 Å². The van der Waals surface area contributed by atoms with Gasteiger partial charge in [-0.15, -0.1) is 0 Å². The number of anilines is 1. The van der Waals surface area contributed by atoms with Crippen LogP contribution in [0.4, 0.5) is 5.69 Å². The van der Waals surface area contributed by atoms with Crippen LogP contribution in [0.25, 0.3) is 10.9 Å². The lowest BCUT2D eigenvalue weighted by Gasteiger charge is -2.21. The Morgan fingerprint density at radius 2 is 1.58 bits per heavy atom. The normalized spacial score (nSPS) is 12.2. The van der Waals surface area contributed by atoms with Gasteiger partial charge in [-0.3, -0.25) is 4.98 Å². The van der Waals surface area contributed by atoms with Crippen molar-refractivity contribution in [3.05, 3.63) is 95.9 Å². The number of nitrogens with one attached hydrogen (secondary N) is 2. The molecule has 0 bridgehead atoms. The minimum atomic E-state index is 0.0616. The van der Waals surface area contributed by atoms with Crippen LogP contribution in [0.3, 0.4) is 0 Å². The number of para-hydroxylation sites is 2. The number of H-pyrrole nitrogens is 1. The van der Waals surface area contributed by atoms with Crippen LogP contribution in [-0.2, 0) is 0 Å². The van der Waals surface area contributed by atoms with Gasteiger partial charge in [-0.05, 0) is 42.8 Å². The second kappa shape index (κ2) is 6.20. The predicted molar refractivity (Wildman–Crippen MR) is 99.2 cm³/mol. The van der Waals surface area contributed by atoms with Crippen molar-refractivity contribution in [1.82, 2.24) is 9.97 Å². The van der Waals surface area contributed by atoms with Gasteiger partial charge in [-0.1, -0.05) is 36.4 Å². The molecule has 0 radical (unpaired) electrons. The molecule has 4 rings (SSSR count). The van der Waals surface area contributed by atoms with Gasteiger partial charge in [0.15, 0.2) is 0 Å². The maximum Gasteiger partial charge on any atom is 0.0791 e. The highest BCUT2D eigenvalue weighted by molar-refractivity contribution is 5.86. The Balaban J connectivity index is 1.87. The van der Waals surface area contributed by atoms with E-state index in [0.29, 0.717) is 0 Å². The number of aromatic amines is 1. The van der Waals surface area contributed by atoms with Gasteiger partial charge in [0.2, 0.25) is 0 Å². The summed E-state index contributed by atoms with van der Waals surface area (Å²) in [4.78, 5) is 7.67. The van der Waals surface area contributed by atoms with Gasteiger partial charge in [-0.25, -0.2) is 0 Å². The zero-order valence-electron chi connectivity index (χ0n) is 13.5. The Labute approximate surface area is 141 Å². The number of hydrogen-bond donors (Lipinski definition) is 2. The molecule has 0 unspecified atom stereocenters. The van der Waals surface area contributed by atoms with Crippen molar-refractivity contribution in [2.75, 3.05) is 5.32 Å². The first-order chi connectivity index (χ1) is 11.8. The van der Waals surface area contributed by atoms with Crippen LogP contribution in [0, 0.1) is 6.92 Å². The molecule has 0 spiro atoms. The molecule has 2 aromatic carbocycles. The summed E-state index contributed by atoms with van der Waals surface area (Å²) in [5.74, 6) is 0. The molecule has 0 saturated heterocycles. The highest BCUT2D eigenvalue weighted by Gasteiger charge is 2.20. The van der Waals surface area contributed by atoms with Crippen LogP contribution in [0.15, 0.2) is 79.1 Å².